The summed E-state index contributed by atoms with van der Waals surface area (Å²) < 4.78 is 37.0. The molecule has 1 N–H and O–H groups in total. The molecule has 32 heavy (non-hydrogen) atoms. The van der Waals surface area contributed by atoms with Gasteiger partial charge in [0.25, 0.3) is 0 Å². The van der Waals surface area contributed by atoms with Crippen molar-refractivity contribution in [1.82, 2.24) is 9.97 Å². The number of hydrogen-bond acceptors (Lipinski definition) is 7. The molecule has 3 aromatic rings. The Bertz CT molecular complexity index is 1130. The molecule has 2 fully saturated rings. The minimum atomic E-state index is -0.479. The van der Waals surface area contributed by atoms with Gasteiger partial charge in [-0.3, -0.25) is 0 Å². The second-order valence-electron chi connectivity index (χ2n) is 7.92. The molecule has 0 radical (unpaired) electrons. The average Bonchev–Trinajstić information content (AvgIpc) is 3.26. The number of hydrogen-bond donors (Lipinski definition) is 1. The molecule has 168 valence electrons. The molecule has 1 aliphatic heterocycles. The number of fused-ring (bicyclic) bond motifs is 1. The van der Waals surface area contributed by atoms with Gasteiger partial charge in [-0.15, -0.1) is 0 Å². The number of nitrogens with one attached hydrogen (secondary N) is 1. The molecule has 1 aromatic heterocycles. The Morgan fingerprint density at radius 3 is 2.59 bits per heavy atom. The highest BCUT2D eigenvalue weighted by Crippen LogP contribution is 2.40. The molecule has 2 heterocycles. The quantitative estimate of drug-likeness (QED) is 0.559. The van der Waals surface area contributed by atoms with E-state index < -0.39 is 11.6 Å². The molecule has 0 unspecified atom stereocenters. The third-order valence-electron chi connectivity index (χ3n) is 5.90. The van der Waals surface area contributed by atoms with Crippen LogP contribution in [0.3, 0.4) is 0 Å². The number of ether oxygens (including phenoxy) is 4. The van der Waals surface area contributed by atoms with Crippen LogP contribution in [-0.2, 0) is 9.47 Å². The Hall–Kier alpha value is -2.68. The minimum Gasteiger partial charge on any atom is -0.493 e. The van der Waals surface area contributed by atoms with Gasteiger partial charge < -0.3 is 24.3 Å². The van der Waals surface area contributed by atoms with Crippen LogP contribution in [0.4, 0.5) is 15.9 Å². The van der Waals surface area contributed by atoms with Gasteiger partial charge in [0.05, 0.1) is 37.0 Å². The van der Waals surface area contributed by atoms with Crippen LogP contribution in [-0.4, -0.2) is 42.2 Å². The third kappa shape index (κ3) is 4.18. The lowest BCUT2D eigenvalue weighted by Gasteiger charge is -2.35. The molecule has 0 atom stereocenters. The molecule has 1 spiro atoms. The van der Waals surface area contributed by atoms with Crippen LogP contribution in [0.2, 0.25) is 5.02 Å². The predicted octanol–water partition coefficient (Wildman–Crippen LogP) is 5.24. The van der Waals surface area contributed by atoms with Crippen LogP contribution in [0, 0.1) is 5.82 Å². The second kappa shape index (κ2) is 8.69. The molecule has 1 aliphatic carbocycles. The lowest BCUT2D eigenvalue weighted by molar-refractivity contribution is -0.186. The van der Waals surface area contributed by atoms with Gasteiger partial charge in [-0.1, -0.05) is 11.6 Å². The number of anilines is 2. The van der Waals surface area contributed by atoms with E-state index in [1.165, 1.54) is 18.5 Å². The standard InChI is InChI=1S/C23H23ClFN3O4/c1-29-20-12-19-16(22(27-13-26-19)28-14-2-3-18(25)17(24)10-14)11-21(20)32-15-4-6-23(7-5-15)30-8-9-31-23/h2-3,10-13,15H,4-9H2,1H3,(H,26,27,28). The molecule has 0 bridgehead atoms. The van der Waals surface area contributed by atoms with Crippen LogP contribution >= 0.6 is 11.6 Å². The molecule has 9 heteroatoms. The summed E-state index contributed by atoms with van der Waals surface area (Å²) in [6.45, 7) is 1.30. The molecule has 2 aromatic carbocycles. The number of nitrogens with zero attached hydrogens (tertiary/aromatic N) is 2. The van der Waals surface area contributed by atoms with Crippen molar-refractivity contribution in [2.45, 2.75) is 37.6 Å². The van der Waals surface area contributed by atoms with Crippen molar-refractivity contribution in [3.8, 4) is 11.5 Å². The van der Waals surface area contributed by atoms with Crippen molar-refractivity contribution in [3.63, 3.8) is 0 Å². The van der Waals surface area contributed by atoms with E-state index in [4.69, 9.17) is 30.5 Å². The van der Waals surface area contributed by atoms with Crippen LogP contribution in [0.15, 0.2) is 36.7 Å². The first kappa shape index (κ1) is 21.2. The highest BCUT2D eigenvalue weighted by atomic mass is 35.5. The SMILES string of the molecule is COc1cc2ncnc(Nc3ccc(F)c(Cl)c3)c2cc1OC1CCC2(CC1)OCCO2. The van der Waals surface area contributed by atoms with Crippen molar-refractivity contribution in [2.24, 2.45) is 0 Å². The minimum absolute atomic E-state index is 0.0247. The lowest BCUT2D eigenvalue weighted by atomic mass is 9.92. The Morgan fingerprint density at radius 2 is 1.88 bits per heavy atom. The fourth-order valence-electron chi connectivity index (χ4n) is 4.24. The fourth-order valence-corrected chi connectivity index (χ4v) is 4.42. The van der Waals surface area contributed by atoms with Crippen molar-refractivity contribution in [3.05, 3.63) is 47.5 Å². The lowest BCUT2D eigenvalue weighted by Crippen LogP contribution is -2.38. The van der Waals surface area contributed by atoms with Crippen LogP contribution < -0.4 is 14.8 Å². The monoisotopic (exact) mass is 459 g/mol. The number of benzene rings is 2. The van der Waals surface area contributed by atoms with E-state index in [-0.39, 0.29) is 11.1 Å². The summed E-state index contributed by atoms with van der Waals surface area (Å²) in [6.07, 6.45) is 4.73. The first-order valence-electron chi connectivity index (χ1n) is 10.5. The van der Waals surface area contributed by atoms with Gasteiger partial charge in [0.1, 0.15) is 18.0 Å². The van der Waals surface area contributed by atoms with E-state index in [2.05, 4.69) is 15.3 Å². The van der Waals surface area contributed by atoms with Crippen molar-refractivity contribution >= 4 is 34.0 Å². The summed E-state index contributed by atoms with van der Waals surface area (Å²) in [5, 5.41) is 3.96. The van der Waals surface area contributed by atoms with Crippen molar-refractivity contribution in [1.29, 1.82) is 0 Å². The summed E-state index contributed by atoms with van der Waals surface area (Å²) in [5.41, 5.74) is 1.30. The molecule has 7 nitrogen and oxygen atoms in total. The highest BCUT2D eigenvalue weighted by molar-refractivity contribution is 6.31. The zero-order chi connectivity index (χ0) is 22.1. The number of rotatable bonds is 5. The van der Waals surface area contributed by atoms with Crippen LogP contribution in [0.1, 0.15) is 25.7 Å². The second-order valence-corrected chi connectivity index (χ2v) is 8.33. The number of aromatic nitrogens is 2. The van der Waals surface area contributed by atoms with Crippen molar-refractivity contribution < 1.29 is 23.3 Å². The van der Waals surface area contributed by atoms with Crippen LogP contribution in [0.25, 0.3) is 10.9 Å². The molecule has 0 amide bonds. The van der Waals surface area contributed by atoms with E-state index in [0.29, 0.717) is 41.7 Å². The van der Waals surface area contributed by atoms with E-state index >= 15 is 0 Å². The third-order valence-corrected chi connectivity index (χ3v) is 6.19. The zero-order valence-electron chi connectivity index (χ0n) is 17.6. The zero-order valence-corrected chi connectivity index (χ0v) is 18.3. The smallest absolute Gasteiger partial charge is 0.168 e. The molecular weight excluding hydrogens is 437 g/mol. The summed E-state index contributed by atoms with van der Waals surface area (Å²) in [6, 6.07) is 8.11. The molecular formula is C23H23ClFN3O4. The molecule has 2 aliphatic rings. The Morgan fingerprint density at radius 1 is 1.09 bits per heavy atom. The van der Waals surface area contributed by atoms with E-state index in [9.17, 15) is 4.39 Å². The van der Waals surface area contributed by atoms with E-state index in [1.807, 2.05) is 12.1 Å². The summed E-state index contributed by atoms with van der Waals surface area (Å²) in [7, 11) is 1.60. The molecule has 1 saturated heterocycles. The topological polar surface area (TPSA) is 74.7 Å². The maximum Gasteiger partial charge on any atom is 0.168 e. The van der Waals surface area contributed by atoms with Crippen LogP contribution in [0.5, 0.6) is 11.5 Å². The van der Waals surface area contributed by atoms with Gasteiger partial charge in [-0.05, 0) is 37.1 Å². The first-order chi connectivity index (χ1) is 15.5. The molecule has 5 rings (SSSR count). The van der Waals surface area contributed by atoms with Gasteiger partial charge >= 0.3 is 0 Å². The van der Waals surface area contributed by atoms with Gasteiger partial charge in [0.15, 0.2) is 17.3 Å². The summed E-state index contributed by atoms with van der Waals surface area (Å²) in [4.78, 5) is 8.71. The predicted molar refractivity (Wildman–Crippen MR) is 118 cm³/mol. The van der Waals surface area contributed by atoms with Gasteiger partial charge in [-0.2, -0.15) is 0 Å². The normalized spacial score (nSPS) is 18.2. The Balaban J connectivity index is 1.41. The van der Waals surface area contributed by atoms with E-state index in [1.54, 1.807) is 13.2 Å². The Kier molecular flexibility index (Phi) is 5.75. The average molecular weight is 460 g/mol. The van der Waals surface area contributed by atoms with E-state index in [0.717, 1.165) is 31.1 Å². The molecule has 1 saturated carbocycles. The van der Waals surface area contributed by atoms with Gasteiger partial charge in [0.2, 0.25) is 0 Å². The first-order valence-corrected chi connectivity index (χ1v) is 10.9. The highest BCUT2D eigenvalue weighted by Gasteiger charge is 2.41. The fraction of sp³-hybridized carbons (Fsp3) is 0.391. The largest absolute Gasteiger partial charge is 0.493 e. The van der Waals surface area contributed by atoms with Gasteiger partial charge in [0, 0.05) is 30.0 Å². The number of halogens is 2. The van der Waals surface area contributed by atoms with Crippen molar-refractivity contribution in [2.75, 3.05) is 25.6 Å². The summed E-state index contributed by atoms with van der Waals surface area (Å²) in [5.74, 6) is 0.854. The van der Waals surface area contributed by atoms with Gasteiger partial charge in [-0.25, -0.2) is 14.4 Å². The Labute approximate surface area is 189 Å². The maximum atomic E-state index is 13.5. The summed E-state index contributed by atoms with van der Waals surface area (Å²) >= 11 is 5.91. The number of methoxy groups -OCH3 is 1. The maximum absolute atomic E-state index is 13.5.